The molecule has 0 bridgehead atoms. The van der Waals surface area contributed by atoms with E-state index in [1.165, 1.54) is 12.1 Å². The minimum absolute atomic E-state index is 0.0117. The van der Waals surface area contributed by atoms with Crippen LogP contribution in [0.4, 0.5) is 4.39 Å². The summed E-state index contributed by atoms with van der Waals surface area (Å²) in [7, 11) is 0. The van der Waals surface area contributed by atoms with E-state index in [4.69, 9.17) is 0 Å². The van der Waals surface area contributed by atoms with Crippen LogP contribution < -0.4 is 5.32 Å². The van der Waals surface area contributed by atoms with Gasteiger partial charge in [0.1, 0.15) is 5.82 Å². The normalized spacial score (nSPS) is 12.1. The first-order chi connectivity index (χ1) is 9.69. The molecule has 1 atom stereocenters. The zero-order valence-corrected chi connectivity index (χ0v) is 11.4. The SMILES string of the molecule is CCC(NC(=O)CCc1cn[nH]c1)c1ccc(F)cc1. The Hall–Kier alpha value is -2.17. The second-order valence-corrected chi connectivity index (χ2v) is 4.69. The number of nitrogens with zero attached hydrogens (tertiary/aromatic N) is 1. The largest absolute Gasteiger partial charge is 0.349 e. The summed E-state index contributed by atoms with van der Waals surface area (Å²) in [4.78, 5) is 11.9. The van der Waals surface area contributed by atoms with Gasteiger partial charge in [0.25, 0.3) is 0 Å². The number of benzene rings is 1. The quantitative estimate of drug-likeness (QED) is 0.851. The lowest BCUT2D eigenvalue weighted by atomic mass is 10.0. The van der Waals surface area contributed by atoms with E-state index < -0.39 is 0 Å². The third-order valence-corrected chi connectivity index (χ3v) is 3.21. The van der Waals surface area contributed by atoms with Crippen LogP contribution in [0.1, 0.15) is 36.9 Å². The van der Waals surface area contributed by atoms with Crippen LogP contribution in [-0.4, -0.2) is 16.1 Å². The van der Waals surface area contributed by atoms with Crippen LogP contribution in [0.5, 0.6) is 0 Å². The van der Waals surface area contributed by atoms with E-state index in [0.29, 0.717) is 12.8 Å². The molecule has 0 aliphatic carbocycles. The number of hydrogen-bond donors (Lipinski definition) is 2. The van der Waals surface area contributed by atoms with E-state index in [1.54, 1.807) is 24.5 Å². The van der Waals surface area contributed by atoms with Crippen LogP contribution in [0.25, 0.3) is 0 Å². The number of hydrogen-bond acceptors (Lipinski definition) is 2. The van der Waals surface area contributed by atoms with Crippen molar-refractivity contribution in [2.24, 2.45) is 0 Å². The molecule has 1 heterocycles. The Labute approximate surface area is 117 Å². The summed E-state index contributed by atoms with van der Waals surface area (Å²) in [6.07, 6.45) is 5.33. The van der Waals surface area contributed by atoms with Crippen LogP contribution in [0, 0.1) is 5.82 Å². The summed E-state index contributed by atoms with van der Waals surface area (Å²) < 4.78 is 12.9. The van der Waals surface area contributed by atoms with Gasteiger partial charge in [-0.3, -0.25) is 9.89 Å². The number of halogens is 1. The summed E-state index contributed by atoms with van der Waals surface area (Å²) in [6, 6.07) is 6.16. The zero-order chi connectivity index (χ0) is 14.4. The van der Waals surface area contributed by atoms with Crippen molar-refractivity contribution in [2.75, 3.05) is 0 Å². The fraction of sp³-hybridized carbons (Fsp3) is 0.333. The molecule has 2 N–H and O–H groups in total. The molecule has 0 radical (unpaired) electrons. The molecule has 1 unspecified atom stereocenters. The van der Waals surface area contributed by atoms with E-state index in [1.807, 2.05) is 6.92 Å². The topological polar surface area (TPSA) is 57.8 Å². The first-order valence-corrected chi connectivity index (χ1v) is 6.71. The number of carbonyl (C=O) groups excluding carboxylic acids is 1. The molecule has 0 aliphatic rings. The fourth-order valence-corrected chi connectivity index (χ4v) is 2.05. The highest BCUT2D eigenvalue weighted by Crippen LogP contribution is 2.17. The van der Waals surface area contributed by atoms with Gasteiger partial charge in [-0.1, -0.05) is 19.1 Å². The van der Waals surface area contributed by atoms with Crippen LogP contribution in [0.3, 0.4) is 0 Å². The maximum atomic E-state index is 12.9. The van der Waals surface area contributed by atoms with Crippen molar-refractivity contribution in [1.82, 2.24) is 15.5 Å². The summed E-state index contributed by atoms with van der Waals surface area (Å²) >= 11 is 0. The van der Waals surface area contributed by atoms with E-state index in [9.17, 15) is 9.18 Å². The summed E-state index contributed by atoms with van der Waals surface area (Å²) in [6.45, 7) is 1.99. The van der Waals surface area contributed by atoms with Crippen LogP contribution in [0.15, 0.2) is 36.7 Å². The van der Waals surface area contributed by atoms with Gasteiger partial charge in [0.05, 0.1) is 12.2 Å². The zero-order valence-electron chi connectivity index (χ0n) is 11.4. The van der Waals surface area contributed by atoms with Gasteiger partial charge in [-0.15, -0.1) is 0 Å². The van der Waals surface area contributed by atoms with Gasteiger partial charge in [-0.25, -0.2) is 4.39 Å². The third kappa shape index (κ3) is 3.91. The highest BCUT2D eigenvalue weighted by molar-refractivity contribution is 5.76. The molecule has 1 aromatic heterocycles. The minimum Gasteiger partial charge on any atom is -0.349 e. The van der Waals surface area contributed by atoms with Gasteiger partial charge in [0, 0.05) is 12.6 Å². The Kier molecular flexibility index (Phi) is 4.87. The lowest BCUT2D eigenvalue weighted by Gasteiger charge is -2.17. The van der Waals surface area contributed by atoms with Gasteiger partial charge in [-0.05, 0) is 36.1 Å². The van der Waals surface area contributed by atoms with E-state index >= 15 is 0 Å². The van der Waals surface area contributed by atoms with Crippen molar-refractivity contribution >= 4 is 5.91 Å². The predicted octanol–water partition coefficient (Wildman–Crippen LogP) is 2.75. The first-order valence-electron chi connectivity index (χ1n) is 6.71. The molecule has 0 saturated carbocycles. The maximum Gasteiger partial charge on any atom is 0.220 e. The molecule has 1 aromatic carbocycles. The van der Waals surface area contributed by atoms with Gasteiger partial charge in [0.15, 0.2) is 0 Å². The molecule has 106 valence electrons. The van der Waals surface area contributed by atoms with Crippen molar-refractivity contribution in [2.45, 2.75) is 32.2 Å². The van der Waals surface area contributed by atoms with E-state index in [0.717, 1.165) is 17.5 Å². The molecule has 2 rings (SSSR count). The van der Waals surface area contributed by atoms with E-state index in [2.05, 4.69) is 15.5 Å². The molecule has 0 spiro atoms. The Bertz CT molecular complexity index is 537. The second-order valence-electron chi connectivity index (χ2n) is 4.69. The van der Waals surface area contributed by atoms with Crippen molar-refractivity contribution < 1.29 is 9.18 Å². The third-order valence-electron chi connectivity index (χ3n) is 3.21. The van der Waals surface area contributed by atoms with E-state index in [-0.39, 0.29) is 17.8 Å². The average molecular weight is 275 g/mol. The molecule has 20 heavy (non-hydrogen) atoms. The Morgan fingerprint density at radius 1 is 1.40 bits per heavy atom. The molecule has 0 aliphatic heterocycles. The highest BCUT2D eigenvalue weighted by atomic mass is 19.1. The first kappa shape index (κ1) is 14.2. The molecular weight excluding hydrogens is 257 g/mol. The van der Waals surface area contributed by atoms with Crippen molar-refractivity contribution in [3.8, 4) is 0 Å². The molecule has 2 aromatic rings. The number of carbonyl (C=O) groups is 1. The van der Waals surface area contributed by atoms with Gasteiger partial charge in [0.2, 0.25) is 5.91 Å². The monoisotopic (exact) mass is 275 g/mol. The van der Waals surface area contributed by atoms with Gasteiger partial charge in [-0.2, -0.15) is 5.10 Å². The predicted molar refractivity (Wildman–Crippen MR) is 74.5 cm³/mol. The molecule has 4 nitrogen and oxygen atoms in total. The van der Waals surface area contributed by atoms with Crippen LogP contribution >= 0.6 is 0 Å². The number of amides is 1. The average Bonchev–Trinajstić information content (AvgIpc) is 2.97. The second kappa shape index (κ2) is 6.84. The van der Waals surface area contributed by atoms with Crippen LogP contribution in [0.2, 0.25) is 0 Å². The maximum absolute atomic E-state index is 12.9. The van der Waals surface area contributed by atoms with Gasteiger partial charge >= 0.3 is 0 Å². The highest BCUT2D eigenvalue weighted by Gasteiger charge is 2.12. The fourth-order valence-electron chi connectivity index (χ4n) is 2.05. The number of nitrogens with one attached hydrogen (secondary N) is 2. The molecular formula is C15H18FN3O. The summed E-state index contributed by atoms with van der Waals surface area (Å²) in [5.74, 6) is -0.280. The van der Waals surface area contributed by atoms with Gasteiger partial charge < -0.3 is 5.32 Å². The molecule has 0 fully saturated rings. The molecule has 1 amide bonds. The Morgan fingerprint density at radius 3 is 2.75 bits per heavy atom. The van der Waals surface area contributed by atoms with Crippen molar-refractivity contribution in [3.05, 3.63) is 53.6 Å². The lowest BCUT2D eigenvalue weighted by molar-refractivity contribution is -0.121. The number of aryl methyl sites for hydroxylation is 1. The number of aromatic amines is 1. The molecule has 5 heteroatoms. The summed E-state index contributed by atoms with van der Waals surface area (Å²) in [5.41, 5.74) is 1.93. The number of rotatable bonds is 6. The number of aromatic nitrogens is 2. The molecule has 0 saturated heterocycles. The lowest BCUT2D eigenvalue weighted by Crippen LogP contribution is -2.28. The smallest absolute Gasteiger partial charge is 0.220 e. The van der Waals surface area contributed by atoms with Crippen LogP contribution in [-0.2, 0) is 11.2 Å². The summed E-state index contributed by atoms with van der Waals surface area (Å²) in [5, 5.41) is 9.53. The van der Waals surface area contributed by atoms with Crippen molar-refractivity contribution in [1.29, 1.82) is 0 Å². The Morgan fingerprint density at radius 2 is 2.15 bits per heavy atom. The standard InChI is InChI=1S/C15H18FN3O/c1-2-14(12-4-6-13(16)7-5-12)19-15(20)8-3-11-9-17-18-10-11/h4-7,9-10,14H,2-3,8H2,1H3,(H,17,18)(H,19,20). The Balaban J connectivity index is 1.89. The number of H-pyrrole nitrogens is 1. The van der Waals surface area contributed by atoms with Crippen molar-refractivity contribution in [3.63, 3.8) is 0 Å². The minimum atomic E-state index is -0.269.